The van der Waals surface area contributed by atoms with Gasteiger partial charge in [-0.1, -0.05) is 49.6 Å². The number of rotatable bonds is 7. The molecule has 1 saturated carbocycles. The molecular weight excluding hydrogens is 435 g/mol. The second-order valence-corrected chi connectivity index (χ2v) is 8.57. The highest BCUT2D eigenvalue weighted by Gasteiger charge is 2.35. The SMILES string of the molecule is COc1ccc(N(C(=O)CCl)[C@H](C(=O)N[C@@H]2CCCC[C@@H]2C)c2ccccc2Cl)cc1. The number of alkyl halides is 1. The van der Waals surface area contributed by atoms with E-state index in [-0.39, 0.29) is 23.7 Å². The first-order valence-electron chi connectivity index (χ1n) is 10.5. The summed E-state index contributed by atoms with van der Waals surface area (Å²) in [4.78, 5) is 28.1. The molecule has 2 amide bonds. The number of methoxy groups -OCH3 is 1. The number of benzene rings is 2. The Balaban J connectivity index is 2.04. The first-order valence-corrected chi connectivity index (χ1v) is 11.4. The number of halogens is 2. The fourth-order valence-electron chi connectivity index (χ4n) is 4.13. The van der Waals surface area contributed by atoms with E-state index < -0.39 is 6.04 Å². The molecule has 3 atom stereocenters. The van der Waals surface area contributed by atoms with Crippen LogP contribution in [0.4, 0.5) is 5.69 Å². The van der Waals surface area contributed by atoms with Gasteiger partial charge in [0.25, 0.3) is 0 Å². The highest BCUT2D eigenvalue weighted by atomic mass is 35.5. The van der Waals surface area contributed by atoms with Gasteiger partial charge in [-0.05, 0) is 49.1 Å². The Labute approximate surface area is 193 Å². The van der Waals surface area contributed by atoms with Crippen LogP contribution in [0.25, 0.3) is 0 Å². The normalized spacial score (nSPS) is 19.4. The number of carbonyl (C=O) groups excluding carboxylic acids is 2. The van der Waals surface area contributed by atoms with Crippen molar-refractivity contribution in [1.29, 1.82) is 0 Å². The lowest BCUT2D eigenvalue weighted by Crippen LogP contribution is -2.49. The molecule has 166 valence electrons. The zero-order valence-electron chi connectivity index (χ0n) is 17.8. The van der Waals surface area contributed by atoms with Crippen molar-refractivity contribution in [3.05, 3.63) is 59.1 Å². The van der Waals surface area contributed by atoms with Gasteiger partial charge in [0.05, 0.1) is 7.11 Å². The van der Waals surface area contributed by atoms with Gasteiger partial charge in [-0.25, -0.2) is 0 Å². The maximum atomic E-state index is 13.6. The molecule has 2 aromatic rings. The van der Waals surface area contributed by atoms with Crippen molar-refractivity contribution in [3.63, 3.8) is 0 Å². The van der Waals surface area contributed by atoms with E-state index in [0.717, 1.165) is 19.3 Å². The third-order valence-electron chi connectivity index (χ3n) is 5.88. The Morgan fingerprint density at radius 3 is 2.42 bits per heavy atom. The van der Waals surface area contributed by atoms with Crippen LogP contribution < -0.4 is 15.0 Å². The fourth-order valence-corrected chi connectivity index (χ4v) is 4.50. The molecule has 0 aliphatic heterocycles. The van der Waals surface area contributed by atoms with Crippen molar-refractivity contribution >= 4 is 40.7 Å². The van der Waals surface area contributed by atoms with Crippen LogP contribution in [0.1, 0.15) is 44.2 Å². The fraction of sp³-hybridized carbons (Fsp3) is 0.417. The number of ether oxygens (including phenoxy) is 1. The van der Waals surface area contributed by atoms with Crippen LogP contribution in [0, 0.1) is 5.92 Å². The third kappa shape index (κ3) is 5.52. The summed E-state index contributed by atoms with van der Waals surface area (Å²) in [5.41, 5.74) is 1.10. The third-order valence-corrected chi connectivity index (χ3v) is 6.45. The van der Waals surface area contributed by atoms with Gasteiger partial charge in [0.1, 0.15) is 17.7 Å². The molecule has 0 aromatic heterocycles. The second-order valence-electron chi connectivity index (χ2n) is 7.90. The van der Waals surface area contributed by atoms with Crippen molar-refractivity contribution in [3.8, 4) is 5.75 Å². The molecular formula is C24H28Cl2N2O3. The first-order chi connectivity index (χ1) is 15.0. The Morgan fingerprint density at radius 2 is 1.81 bits per heavy atom. The van der Waals surface area contributed by atoms with Gasteiger partial charge in [-0.15, -0.1) is 11.6 Å². The summed E-state index contributed by atoms with van der Waals surface area (Å²) >= 11 is 12.5. The molecule has 7 heteroatoms. The van der Waals surface area contributed by atoms with E-state index in [9.17, 15) is 9.59 Å². The maximum Gasteiger partial charge on any atom is 0.248 e. The van der Waals surface area contributed by atoms with Crippen molar-refractivity contribution in [2.75, 3.05) is 17.9 Å². The summed E-state index contributed by atoms with van der Waals surface area (Å²) in [6.45, 7) is 2.15. The number of hydrogen-bond donors (Lipinski definition) is 1. The van der Waals surface area contributed by atoms with Crippen LogP contribution in [0.3, 0.4) is 0 Å². The second kappa shape index (κ2) is 10.9. The number of hydrogen-bond acceptors (Lipinski definition) is 3. The van der Waals surface area contributed by atoms with Gasteiger partial charge in [-0.2, -0.15) is 0 Å². The summed E-state index contributed by atoms with van der Waals surface area (Å²) < 4.78 is 5.23. The van der Waals surface area contributed by atoms with E-state index in [2.05, 4.69) is 12.2 Å². The van der Waals surface area contributed by atoms with Crippen molar-refractivity contribution in [2.45, 2.75) is 44.7 Å². The average molecular weight is 463 g/mol. The summed E-state index contributed by atoms with van der Waals surface area (Å²) in [7, 11) is 1.57. The van der Waals surface area contributed by atoms with Crippen LogP contribution in [-0.4, -0.2) is 30.8 Å². The van der Waals surface area contributed by atoms with Crippen LogP contribution in [0.5, 0.6) is 5.75 Å². The molecule has 1 fully saturated rings. The predicted molar refractivity (Wildman–Crippen MR) is 125 cm³/mol. The minimum atomic E-state index is -0.942. The topological polar surface area (TPSA) is 58.6 Å². The highest BCUT2D eigenvalue weighted by Crippen LogP contribution is 2.34. The van der Waals surface area contributed by atoms with E-state index in [1.54, 1.807) is 49.6 Å². The Hall–Kier alpha value is -2.24. The van der Waals surface area contributed by atoms with E-state index in [4.69, 9.17) is 27.9 Å². The summed E-state index contributed by atoms with van der Waals surface area (Å²) in [6, 6.07) is 13.2. The van der Waals surface area contributed by atoms with Gasteiger partial charge in [0.2, 0.25) is 11.8 Å². The molecule has 2 aromatic carbocycles. The first kappa shape index (κ1) is 23.4. The largest absolute Gasteiger partial charge is 0.497 e. The summed E-state index contributed by atoms with van der Waals surface area (Å²) in [5, 5.41) is 3.60. The summed E-state index contributed by atoms with van der Waals surface area (Å²) in [6.07, 6.45) is 4.25. The lowest BCUT2D eigenvalue weighted by atomic mass is 9.85. The van der Waals surface area contributed by atoms with Gasteiger partial charge >= 0.3 is 0 Å². The zero-order chi connectivity index (χ0) is 22.4. The lowest BCUT2D eigenvalue weighted by molar-refractivity contribution is -0.126. The van der Waals surface area contributed by atoms with Crippen LogP contribution in [0.15, 0.2) is 48.5 Å². The molecule has 0 spiro atoms. The molecule has 3 rings (SSSR count). The van der Waals surface area contributed by atoms with Gasteiger partial charge in [0.15, 0.2) is 0 Å². The molecule has 0 heterocycles. The van der Waals surface area contributed by atoms with Crippen LogP contribution in [-0.2, 0) is 9.59 Å². The Bertz CT molecular complexity index is 904. The Kier molecular flexibility index (Phi) is 8.22. The van der Waals surface area contributed by atoms with Crippen LogP contribution in [0.2, 0.25) is 5.02 Å². The molecule has 1 aliphatic rings. The number of amides is 2. The number of nitrogens with one attached hydrogen (secondary N) is 1. The molecule has 1 aliphatic carbocycles. The monoisotopic (exact) mass is 462 g/mol. The predicted octanol–water partition coefficient (Wildman–Crippen LogP) is 5.36. The average Bonchev–Trinajstić information content (AvgIpc) is 2.79. The number of nitrogens with zero attached hydrogens (tertiary/aromatic N) is 1. The zero-order valence-corrected chi connectivity index (χ0v) is 19.3. The van der Waals surface area contributed by atoms with Gasteiger partial charge in [-0.3, -0.25) is 14.5 Å². The molecule has 0 saturated heterocycles. The van der Waals surface area contributed by atoms with E-state index in [1.165, 1.54) is 11.3 Å². The van der Waals surface area contributed by atoms with Crippen molar-refractivity contribution in [1.82, 2.24) is 5.32 Å². The molecule has 5 nitrogen and oxygen atoms in total. The van der Waals surface area contributed by atoms with Crippen molar-refractivity contribution in [2.24, 2.45) is 5.92 Å². The maximum absolute atomic E-state index is 13.6. The molecule has 1 N–H and O–H groups in total. The Morgan fingerprint density at radius 1 is 1.13 bits per heavy atom. The van der Waals surface area contributed by atoms with E-state index >= 15 is 0 Å². The molecule has 31 heavy (non-hydrogen) atoms. The highest BCUT2D eigenvalue weighted by molar-refractivity contribution is 6.32. The quantitative estimate of drug-likeness (QED) is 0.563. The lowest BCUT2D eigenvalue weighted by Gasteiger charge is -2.35. The number of anilines is 1. The van der Waals surface area contributed by atoms with Gasteiger partial charge in [0, 0.05) is 22.3 Å². The minimum Gasteiger partial charge on any atom is -0.497 e. The molecule has 0 radical (unpaired) electrons. The molecule has 0 unspecified atom stereocenters. The molecule has 0 bridgehead atoms. The summed E-state index contributed by atoms with van der Waals surface area (Å²) in [5.74, 6) is 0.115. The van der Waals surface area contributed by atoms with Gasteiger partial charge < -0.3 is 10.1 Å². The minimum absolute atomic E-state index is 0.0649. The van der Waals surface area contributed by atoms with Crippen LogP contribution >= 0.6 is 23.2 Å². The van der Waals surface area contributed by atoms with Crippen molar-refractivity contribution < 1.29 is 14.3 Å². The standard InChI is InChI=1S/C24H28Cl2N2O3/c1-16-7-3-6-10-21(16)27-24(30)23(19-8-4-5-9-20(19)26)28(22(29)15-25)17-11-13-18(31-2)14-12-17/h4-5,8-9,11-14,16,21,23H,3,6-7,10,15H2,1-2H3,(H,27,30)/t16-,21+,23-/m0/s1. The smallest absolute Gasteiger partial charge is 0.248 e. The van der Waals surface area contributed by atoms with E-state index in [1.807, 2.05) is 6.07 Å². The number of carbonyl (C=O) groups is 2. The van der Waals surface area contributed by atoms with E-state index in [0.29, 0.717) is 27.9 Å².